The van der Waals surface area contributed by atoms with Crippen LogP contribution in [-0.4, -0.2) is 19.3 Å². The van der Waals surface area contributed by atoms with Crippen molar-refractivity contribution in [2.75, 3.05) is 18.5 Å². The molecule has 1 N–H and O–H groups in total. The Bertz CT molecular complexity index is 671. The first-order valence-corrected chi connectivity index (χ1v) is 9.48. The first-order chi connectivity index (χ1) is 12.3. The van der Waals surface area contributed by atoms with E-state index in [0.717, 1.165) is 17.2 Å². The molecule has 26 heavy (non-hydrogen) atoms. The first-order valence-electron chi connectivity index (χ1n) is 9.48. The maximum Gasteiger partial charge on any atom is 0.142 e. The summed E-state index contributed by atoms with van der Waals surface area (Å²) in [5, 5.41) is 3.44. The number of ether oxygens (including phenoxy) is 2. The van der Waals surface area contributed by atoms with Gasteiger partial charge in [0.05, 0.1) is 18.8 Å². The molecule has 0 saturated heterocycles. The molecule has 0 heterocycles. The second kappa shape index (κ2) is 8.98. The summed E-state index contributed by atoms with van der Waals surface area (Å²) in [7, 11) is 0. The van der Waals surface area contributed by atoms with Crippen molar-refractivity contribution in [3.05, 3.63) is 54.1 Å². The summed E-state index contributed by atoms with van der Waals surface area (Å²) in [4.78, 5) is 0. The summed E-state index contributed by atoms with van der Waals surface area (Å²) < 4.78 is 11.9. The minimum atomic E-state index is 0.0497. The average Bonchev–Trinajstić information content (AvgIpc) is 2.58. The molecule has 0 spiro atoms. The Morgan fingerprint density at radius 3 is 2.19 bits per heavy atom. The Morgan fingerprint density at radius 1 is 0.923 bits per heavy atom. The van der Waals surface area contributed by atoms with Crippen LogP contribution in [-0.2, 0) is 5.41 Å². The Balaban J connectivity index is 1.90. The van der Waals surface area contributed by atoms with Crippen molar-refractivity contribution in [3.8, 4) is 11.5 Å². The molecular weight excluding hydrogens is 322 g/mol. The molecule has 0 fully saturated rings. The zero-order valence-electron chi connectivity index (χ0n) is 17.0. The van der Waals surface area contributed by atoms with Gasteiger partial charge >= 0.3 is 0 Å². The van der Waals surface area contributed by atoms with Crippen LogP contribution in [0, 0.1) is 5.92 Å². The lowest BCUT2D eigenvalue weighted by Crippen LogP contribution is -2.23. The van der Waals surface area contributed by atoms with E-state index in [-0.39, 0.29) is 11.5 Å². The highest BCUT2D eigenvalue weighted by Gasteiger charge is 2.13. The van der Waals surface area contributed by atoms with Crippen LogP contribution in [0.5, 0.6) is 11.5 Å². The summed E-state index contributed by atoms with van der Waals surface area (Å²) in [6, 6.07) is 16.4. The van der Waals surface area contributed by atoms with E-state index in [2.05, 4.69) is 71.1 Å². The van der Waals surface area contributed by atoms with Crippen LogP contribution in [0.2, 0.25) is 0 Å². The van der Waals surface area contributed by atoms with Gasteiger partial charge in [0.2, 0.25) is 0 Å². The molecule has 142 valence electrons. The zero-order chi connectivity index (χ0) is 19.2. The first kappa shape index (κ1) is 20.2. The fourth-order valence-corrected chi connectivity index (χ4v) is 2.56. The van der Waals surface area contributed by atoms with Gasteiger partial charge in [-0.3, -0.25) is 0 Å². The number of benzene rings is 2. The highest BCUT2D eigenvalue weighted by molar-refractivity contribution is 5.56. The van der Waals surface area contributed by atoms with Crippen molar-refractivity contribution in [2.45, 2.75) is 53.1 Å². The third-order valence-electron chi connectivity index (χ3n) is 4.10. The van der Waals surface area contributed by atoms with E-state index in [1.165, 1.54) is 5.56 Å². The molecule has 1 atom stereocenters. The van der Waals surface area contributed by atoms with Gasteiger partial charge < -0.3 is 14.8 Å². The molecule has 2 aromatic carbocycles. The number of para-hydroxylation sites is 2. The third-order valence-corrected chi connectivity index (χ3v) is 4.10. The predicted molar refractivity (Wildman–Crippen MR) is 110 cm³/mol. The van der Waals surface area contributed by atoms with E-state index >= 15 is 0 Å². The topological polar surface area (TPSA) is 30.5 Å². The van der Waals surface area contributed by atoms with Crippen LogP contribution in [0.3, 0.4) is 0 Å². The van der Waals surface area contributed by atoms with Crippen molar-refractivity contribution in [2.24, 2.45) is 5.92 Å². The van der Waals surface area contributed by atoms with Gasteiger partial charge in [-0.05, 0) is 48.1 Å². The Morgan fingerprint density at radius 2 is 1.58 bits per heavy atom. The van der Waals surface area contributed by atoms with Gasteiger partial charge in [0.1, 0.15) is 17.6 Å². The molecule has 0 amide bonds. The van der Waals surface area contributed by atoms with Crippen LogP contribution in [0.25, 0.3) is 0 Å². The van der Waals surface area contributed by atoms with Crippen LogP contribution in [0.4, 0.5) is 5.69 Å². The summed E-state index contributed by atoms with van der Waals surface area (Å²) in [5.41, 5.74) is 2.48. The molecule has 0 aliphatic rings. The minimum absolute atomic E-state index is 0.0497. The Labute approximate surface area is 158 Å². The van der Waals surface area contributed by atoms with E-state index in [9.17, 15) is 0 Å². The zero-order valence-corrected chi connectivity index (χ0v) is 17.0. The molecule has 2 rings (SSSR count). The summed E-state index contributed by atoms with van der Waals surface area (Å²) >= 11 is 0. The van der Waals surface area contributed by atoms with Crippen molar-refractivity contribution < 1.29 is 9.47 Å². The molecule has 0 aliphatic carbocycles. The van der Waals surface area contributed by atoms with Crippen LogP contribution < -0.4 is 14.8 Å². The van der Waals surface area contributed by atoms with Gasteiger partial charge in [0.25, 0.3) is 0 Å². The van der Waals surface area contributed by atoms with Gasteiger partial charge in [-0.2, -0.15) is 0 Å². The van der Waals surface area contributed by atoms with Crippen molar-refractivity contribution in [1.82, 2.24) is 0 Å². The second-order valence-electron chi connectivity index (χ2n) is 8.28. The largest absolute Gasteiger partial charge is 0.491 e. The van der Waals surface area contributed by atoms with E-state index in [1.807, 2.05) is 24.3 Å². The molecule has 2 aromatic rings. The smallest absolute Gasteiger partial charge is 0.142 e. The lowest BCUT2D eigenvalue weighted by molar-refractivity contribution is 0.234. The lowest BCUT2D eigenvalue weighted by Gasteiger charge is -2.21. The van der Waals surface area contributed by atoms with Crippen LogP contribution >= 0.6 is 0 Å². The van der Waals surface area contributed by atoms with Gasteiger partial charge in [-0.25, -0.2) is 0 Å². The van der Waals surface area contributed by atoms with Crippen molar-refractivity contribution in [1.29, 1.82) is 0 Å². The SMILES string of the molecule is CC(C)COc1ccccc1NCC(C)Oc1ccc(C(C)(C)C)cc1. The number of hydrogen-bond acceptors (Lipinski definition) is 3. The predicted octanol–water partition coefficient (Wildman–Crippen LogP) is 5.90. The molecule has 3 nitrogen and oxygen atoms in total. The Hall–Kier alpha value is -2.16. The number of rotatable bonds is 8. The molecule has 1 unspecified atom stereocenters. The maximum absolute atomic E-state index is 6.04. The van der Waals surface area contributed by atoms with Gasteiger partial charge in [0, 0.05) is 0 Å². The monoisotopic (exact) mass is 355 g/mol. The normalized spacial score (nSPS) is 12.7. The summed E-state index contributed by atoms with van der Waals surface area (Å²) in [6.45, 7) is 14.4. The molecule has 0 bridgehead atoms. The molecule has 0 aromatic heterocycles. The van der Waals surface area contributed by atoms with Gasteiger partial charge in [-0.15, -0.1) is 0 Å². The second-order valence-corrected chi connectivity index (χ2v) is 8.28. The summed E-state index contributed by atoms with van der Waals surface area (Å²) in [5.74, 6) is 2.29. The van der Waals surface area contributed by atoms with Crippen LogP contribution in [0.1, 0.15) is 47.1 Å². The maximum atomic E-state index is 6.04. The fourth-order valence-electron chi connectivity index (χ4n) is 2.56. The number of anilines is 1. The van der Waals surface area contributed by atoms with E-state index < -0.39 is 0 Å². The summed E-state index contributed by atoms with van der Waals surface area (Å²) in [6.07, 6.45) is 0.0497. The van der Waals surface area contributed by atoms with E-state index in [1.54, 1.807) is 0 Å². The number of nitrogens with one attached hydrogen (secondary N) is 1. The minimum Gasteiger partial charge on any atom is -0.491 e. The third kappa shape index (κ3) is 6.29. The molecular formula is C23H33NO2. The standard InChI is InChI=1S/C23H33NO2/c1-17(2)16-25-22-10-8-7-9-21(22)24-15-18(3)26-20-13-11-19(12-14-20)23(4,5)6/h7-14,17-18,24H,15-16H2,1-6H3. The van der Waals surface area contributed by atoms with E-state index in [0.29, 0.717) is 19.1 Å². The number of hydrogen-bond donors (Lipinski definition) is 1. The van der Waals surface area contributed by atoms with Gasteiger partial charge in [0.15, 0.2) is 0 Å². The fraction of sp³-hybridized carbons (Fsp3) is 0.478. The van der Waals surface area contributed by atoms with Crippen molar-refractivity contribution >= 4 is 5.69 Å². The highest BCUT2D eigenvalue weighted by atomic mass is 16.5. The quantitative estimate of drug-likeness (QED) is 0.639. The molecule has 0 aliphatic heterocycles. The van der Waals surface area contributed by atoms with Gasteiger partial charge in [-0.1, -0.05) is 58.9 Å². The van der Waals surface area contributed by atoms with Crippen LogP contribution in [0.15, 0.2) is 48.5 Å². The highest BCUT2D eigenvalue weighted by Crippen LogP contribution is 2.26. The lowest BCUT2D eigenvalue weighted by atomic mass is 9.87. The van der Waals surface area contributed by atoms with E-state index in [4.69, 9.17) is 9.47 Å². The molecule has 3 heteroatoms. The van der Waals surface area contributed by atoms with Crippen molar-refractivity contribution in [3.63, 3.8) is 0 Å². The molecule has 0 saturated carbocycles. The molecule has 0 radical (unpaired) electrons. The Kier molecular flexibility index (Phi) is 6.96. The average molecular weight is 356 g/mol.